The van der Waals surface area contributed by atoms with Gasteiger partial charge < -0.3 is 35.1 Å². The molecule has 0 saturated heterocycles. The summed E-state index contributed by atoms with van der Waals surface area (Å²) in [4.78, 5) is 43.1. The molecule has 0 rings (SSSR count). The van der Waals surface area contributed by atoms with E-state index in [1.807, 2.05) is 6.92 Å². The fourth-order valence-corrected chi connectivity index (χ4v) is 0. The van der Waals surface area contributed by atoms with Gasteiger partial charge in [0.15, 0.2) is 0 Å². The minimum atomic E-state index is -4.64. The summed E-state index contributed by atoms with van der Waals surface area (Å²) in [6.45, 7) is 2.65. The Morgan fingerprint density at radius 2 is 0.923 bits per heavy atom. The standard InChI is InChI=1S/C2H7N.2H3O4P/c1-2-3;2*1-5(2,3)4/h2-3H2,1H3;2*(H3,1,2,3,4). The highest BCUT2D eigenvalue weighted by molar-refractivity contribution is 7.45. The van der Waals surface area contributed by atoms with Crippen molar-refractivity contribution in [2.75, 3.05) is 6.54 Å². The summed E-state index contributed by atoms with van der Waals surface area (Å²) in [5, 5.41) is 0. The molecule has 0 heterocycles. The largest absolute Gasteiger partial charge is 0.466 e. The molecule has 0 aromatic rings. The van der Waals surface area contributed by atoms with Crippen LogP contribution in [0.5, 0.6) is 0 Å². The average Bonchev–Trinajstić information content (AvgIpc) is 1.52. The predicted octanol–water partition coefficient (Wildman–Crippen LogP) is -1.89. The smallest absolute Gasteiger partial charge is 0.331 e. The summed E-state index contributed by atoms with van der Waals surface area (Å²) in [7, 11) is -9.28. The van der Waals surface area contributed by atoms with Crippen molar-refractivity contribution in [3.8, 4) is 0 Å². The number of hydrogen-bond donors (Lipinski definition) is 7. The Hall–Kier alpha value is 0.180. The van der Waals surface area contributed by atoms with Gasteiger partial charge in [0.1, 0.15) is 0 Å². The first kappa shape index (κ1) is 18.9. The van der Waals surface area contributed by atoms with Gasteiger partial charge in [0.2, 0.25) is 0 Å². The Bertz CT molecular complexity index is 144. The summed E-state index contributed by atoms with van der Waals surface area (Å²) in [5.41, 5.74) is 4.85. The zero-order valence-electron chi connectivity index (χ0n) is 6.68. The van der Waals surface area contributed by atoms with Crippen LogP contribution in [-0.4, -0.2) is 35.9 Å². The minimum Gasteiger partial charge on any atom is -0.331 e. The molecule has 0 bridgehead atoms. The van der Waals surface area contributed by atoms with Crippen LogP contribution >= 0.6 is 15.6 Å². The van der Waals surface area contributed by atoms with E-state index >= 15 is 0 Å². The van der Waals surface area contributed by atoms with Crippen LogP contribution in [0.25, 0.3) is 0 Å². The molecule has 84 valence electrons. The molecule has 0 fully saturated rings. The van der Waals surface area contributed by atoms with Crippen molar-refractivity contribution in [2.45, 2.75) is 6.92 Å². The van der Waals surface area contributed by atoms with Crippen LogP contribution in [0.15, 0.2) is 0 Å². The van der Waals surface area contributed by atoms with E-state index in [0.29, 0.717) is 0 Å². The fraction of sp³-hybridized carbons (Fsp3) is 1.00. The second-order valence-electron chi connectivity index (χ2n) is 1.43. The third-order valence-corrected chi connectivity index (χ3v) is 0. The summed E-state index contributed by atoms with van der Waals surface area (Å²) in [5.74, 6) is 0. The van der Waals surface area contributed by atoms with Gasteiger partial charge >= 0.3 is 15.6 Å². The van der Waals surface area contributed by atoms with Crippen LogP contribution < -0.4 is 5.73 Å². The van der Waals surface area contributed by atoms with Gasteiger partial charge in [-0.1, -0.05) is 6.92 Å². The first-order valence-corrected chi connectivity index (χ1v) is 5.81. The van der Waals surface area contributed by atoms with Crippen molar-refractivity contribution in [1.82, 2.24) is 0 Å². The van der Waals surface area contributed by atoms with E-state index in [-0.39, 0.29) is 0 Å². The van der Waals surface area contributed by atoms with Crippen molar-refractivity contribution in [3.05, 3.63) is 0 Å². The van der Waals surface area contributed by atoms with E-state index in [9.17, 15) is 0 Å². The van der Waals surface area contributed by atoms with E-state index in [0.717, 1.165) is 6.54 Å². The van der Waals surface area contributed by atoms with Gasteiger partial charge in [-0.2, -0.15) is 0 Å². The van der Waals surface area contributed by atoms with Gasteiger partial charge in [-0.3, -0.25) is 0 Å². The van der Waals surface area contributed by atoms with Crippen LogP contribution in [0.2, 0.25) is 0 Å². The number of nitrogens with two attached hydrogens (primary N) is 1. The topological polar surface area (TPSA) is 182 Å². The molecule has 0 atom stereocenters. The molecule has 0 unspecified atom stereocenters. The van der Waals surface area contributed by atoms with E-state index in [2.05, 4.69) is 0 Å². The summed E-state index contributed by atoms with van der Waals surface area (Å²) < 4.78 is 17.8. The molecule has 0 aromatic carbocycles. The maximum Gasteiger partial charge on any atom is 0.466 e. The molecule has 0 spiro atoms. The minimum absolute atomic E-state index is 0.750. The monoisotopic (exact) mass is 241 g/mol. The lowest BCUT2D eigenvalue weighted by Crippen LogP contribution is -1.87. The normalized spacial score (nSPS) is 10.5. The third kappa shape index (κ3) is 39000. The Balaban J connectivity index is -0.000000120. The van der Waals surface area contributed by atoms with Crippen LogP contribution in [0, 0.1) is 0 Å². The lowest BCUT2D eigenvalue weighted by Gasteiger charge is -1.82. The van der Waals surface area contributed by atoms with E-state index in [4.69, 9.17) is 44.2 Å². The molecule has 0 aromatic heterocycles. The van der Waals surface area contributed by atoms with E-state index in [1.165, 1.54) is 0 Å². The molecular formula is C2H13NO8P2. The van der Waals surface area contributed by atoms with Gasteiger partial charge in [-0.25, -0.2) is 9.13 Å². The molecule has 8 N–H and O–H groups in total. The van der Waals surface area contributed by atoms with Crippen molar-refractivity contribution >= 4 is 15.6 Å². The zero-order valence-corrected chi connectivity index (χ0v) is 8.47. The van der Waals surface area contributed by atoms with Crippen LogP contribution in [0.3, 0.4) is 0 Å². The zero-order chi connectivity index (χ0) is 11.7. The van der Waals surface area contributed by atoms with E-state index in [1.54, 1.807) is 0 Å². The highest BCUT2D eigenvalue weighted by atomic mass is 31.2. The van der Waals surface area contributed by atoms with Crippen LogP contribution in [0.1, 0.15) is 6.92 Å². The average molecular weight is 241 g/mol. The van der Waals surface area contributed by atoms with Crippen molar-refractivity contribution in [3.63, 3.8) is 0 Å². The van der Waals surface area contributed by atoms with Crippen molar-refractivity contribution in [1.29, 1.82) is 0 Å². The van der Waals surface area contributed by atoms with Gasteiger partial charge in [-0.05, 0) is 6.54 Å². The molecule has 11 heteroatoms. The number of rotatable bonds is 0. The molecule has 9 nitrogen and oxygen atoms in total. The first-order chi connectivity index (χ1) is 5.41. The highest BCUT2D eigenvalue weighted by Crippen LogP contribution is 2.26. The maximum absolute atomic E-state index is 8.88. The Morgan fingerprint density at radius 1 is 0.923 bits per heavy atom. The molecule has 0 aliphatic rings. The fourth-order valence-electron chi connectivity index (χ4n) is 0. The predicted molar refractivity (Wildman–Crippen MR) is 43.3 cm³/mol. The number of phosphoric acid groups is 2. The van der Waals surface area contributed by atoms with Crippen LogP contribution in [-0.2, 0) is 9.13 Å². The lowest BCUT2D eigenvalue weighted by atomic mass is 10.8. The molecule has 0 saturated carbocycles. The molecule has 0 aliphatic heterocycles. The molecule has 0 aliphatic carbocycles. The first-order valence-electron chi connectivity index (χ1n) is 2.68. The molecule has 13 heavy (non-hydrogen) atoms. The van der Waals surface area contributed by atoms with Gasteiger partial charge in [0.05, 0.1) is 0 Å². The quantitative estimate of drug-likeness (QED) is 0.238. The lowest BCUT2D eigenvalue weighted by molar-refractivity contribution is 0.272. The maximum atomic E-state index is 8.88. The van der Waals surface area contributed by atoms with Crippen LogP contribution in [0.4, 0.5) is 0 Å². The van der Waals surface area contributed by atoms with Gasteiger partial charge in [0.25, 0.3) is 0 Å². The van der Waals surface area contributed by atoms with Gasteiger partial charge in [-0.15, -0.1) is 0 Å². The third-order valence-electron chi connectivity index (χ3n) is 0. The van der Waals surface area contributed by atoms with Gasteiger partial charge in [0, 0.05) is 0 Å². The highest BCUT2D eigenvalue weighted by Gasteiger charge is 2.00. The second kappa shape index (κ2) is 8.76. The second-order valence-corrected chi connectivity index (χ2v) is 3.49. The summed E-state index contributed by atoms with van der Waals surface area (Å²) >= 11 is 0. The summed E-state index contributed by atoms with van der Waals surface area (Å²) in [6.07, 6.45) is 0. The Labute approximate surface area is 74.3 Å². The molecule has 0 radical (unpaired) electrons. The Morgan fingerprint density at radius 3 is 0.923 bits per heavy atom. The van der Waals surface area contributed by atoms with Crippen molar-refractivity contribution < 1.29 is 38.5 Å². The summed E-state index contributed by atoms with van der Waals surface area (Å²) in [6, 6.07) is 0. The molecular weight excluding hydrogens is 228 g/mol. The molecule has 0 amide bonds. The Kier molecular flexibility index (Phi) is 12.7. The SMILES string of the molecule is CCN.O=P(O)(O)O.O=P(O)(O)O. The number of hydrogen-bond acceptors (Lipinski definition) is 3. The van der Waals surface area contributed by atoms with Crippen molar-refractivity contribution in [2.24, 2.45) is 5.73 Å². The van der Waals surface area contributed by atoms with E-state index < -0.39 is 15.6 Å².